The minimum atomic E-state index is -1.46. The number of thiazole rings is 1. The fraction of sp³-hybridized carbons (Fsp3) is 0.714. The third kappa shape index (κ3) is 7.85. The Morgan fingerprint density at radius 2 is 1.65 bits per heavy atom. The second-order valence-corrected chi connectivity index (χ2v) is 11.3. The van der Waals surface area contributed by atoms with Gasteiger partial charge >= 0.3 is 0 Å². The van der Waals surface area contributed by atoms with Crippen molar-refractivity contribution in [3.05, 3.63) is 16.6 Å². The van der Waals surface area contributed by atoms with E-state index in [4.69, 9.17) is 69.6 Å². The molecule has 0 N–H and O–H groups in total. The first-order valence-electron chi connectivity index (χ1n) is 6.95. The Hall–Kier alpha value is 1.04. The summed E-state index contributed by atoms with van der Waals surface area (Å²) in [6.07, 6.45) is 2.70. The third-order valence-electron chi connectivity index (χ3n) is 3.56. The fourth-order valence-electron chi connectivity index (χ4n) is 2.08. The lowest BCUT2D eigenvalue weighted by Crippen LogP contribution is -2.23. The molecule has 132 valence electrons. The van der Waals surface area contributed by atoms with Crippen molar-refractivity contribution in [3.8, 4) is 0 Å². The first-order chi connectivity index (χ1) is 10.4. The Morgan fingerprint density at radius 3 is 2.09 bits per heavy atom. The molecule has 0 spiro atoms. The van der Waals surface area contributed by atoms with Crippen LogP contribution in [-0.2, 0) is 4.79 Å². The molecule has 0 aliphatic carbocycles. The van der Waals surface area contributed by atoms with Gasteiger partial charge in [-0.25, -0.2) is 4.98 Å². The van der Waals surface area contributed by atoms with E-state index in [-0.39, 0.29) is 36.4 Å². The molecule has 0 saturated carbocycles. The number of carbonyl (C=O) groups excluding carboxylic acids is 1. The summed E-state index contributed by atoms with van der Waals surface area (Å²) in [5.74, 6) is -0.710. The fourth-order valence-corrected chi connectivity index (χ4v) is 3.34. The maximum atomic E-state index is 12.3. The van der Waals surface area contributed by atoms with Gasteiger partial charge in [0.1, 0.15) is 5.78 Å². The van der Waals surface area contributed by atoms with Crippen LogP contribution >= 0.6 is 80.9 Å². The molecule has 0 aliphatic heterocycles. The number of ketones is 1. The van der Waals surface area contributed by atoms with Gasteiger partial charge in [-0.05, 0) is 6.42 Å². The van der Waals surface area contributed by atoms with Crippen LogP contribution in [0.2, 0.25) is 0 Å². The van der Waals surface area contributed by atoms with E-state index in [1.54, 1.807) is 13.1 Å². The Labute approximate surface area is 170 Å². The molecule has 1 rings (SSSR count). The van der Waals surface area contributed by atoms with Gasteiger partial charge in [-0.2, -0.15) is 0 Å². The molecule has 0 bridgehead atoms. The van der Waals surface area contributed by atoms with E-state index < -0.39 is 7.59 Å². The van der Waals surface area contributed by atoms with E-state index in [1.807, 2.05) is 12.3 Å². The largest absolute Gasteiger partial charge is 0.300 e. The number of rotatable bonds is 7. The van der Waals surface area contributed by atoms with Crippen LogP contribution in [0.25, 0.3) is 0 Å². The maximum absolute atomic E-state index is 12.3. The minimum absolute atomic E-state index is 0.000502. The molecular weight excluding hydrogens is 443 g/mol. The van der Waals surface area contributed by atoms with Crippen molar-refractivity contribution in [3.63, 3.8) is 0 Å². The number of Topliss-reactive ketones (excluding diaryl/α,β-unsaturated/α-hetero) is 1. The zero-order valence-electron chi connectivity index (χ0n) is 12.5. The predicted octanol–water partition coefficient (Wildman–Crippen LogP) is 6.98. The summed E-state index contributed by atoms with van der Waals surface area (Å²) < 4.78 is -2.85. The van der Waals surface area contributed by atoms with Gasteiger partial charge < -0.3 is 0 Å². The van der Waals surface area contributed by atoms with Crippen LogP contribution in [0, 0.1) is 11.8 Å². The van der Waals surface area contributed by atoms with E-state index in [0.29, 0.717) is 6.42 Å². The summed E-state index contributed by atoms with van der Waals surface area (Å²) in [7, 11) is 0. The number of alkyl halides is 6. The number of nitrogens with zero attached hydrogens (tertiary/aromatic N) is 1. The maximum Gasteiger partial charge on any atom is 0.193 e. The summed E-state index contributed by atoms with van der Waals surface area (Å²) in [5.41, 5.74) is 0. The van der Waals surface area contributed by atoms with Gasteiger partial charge in [-0.3, -0.25) is 4.79 Å². The summed E-state index contributed by atoms with van der Waals surface area (Å²) in [6, 6.07) is 0. The quantitative estimate of drug-likeness (QED) is 0.411. The minimum Gasteiger partial charge on any atom is -0.300 e. The first-order valence-corrected chi connectivity index (χ1v) is 10.1. The van der Waals surface area contributed by atoms with Crippen molar-refractivity contribution >= 4 is 86.7 Å². The molecule has 0 aromatic carbocycles. The second kappa shape index (κ2) is 9.12. The molecule has 23 heavy (non-hydrogen) atoms. The average molecular weight is 460 g/mol. The standard InChI is InChI=1S/C14H17Cl6NOS/c1-8(13(15,16)17)5-10(12-21-3-4-23-12)7-11(22)6-9(2)14(18,19)20/h3-4,8-10H,5-7H2,1-2H3/t8-,9-,10+/m0/s1. The first kappa shape index (κ1) is 22.1. The van der Waals surface area contributed by atoms with E-state index >= 15 is 0 Å². The van der Waals surface area contributed by atoms with Crippen molar-refractivity contribution < 1.29 is 4.79 Å². The van der Waals surface area contributed by atoms with Crippen LogP contribution in [0.5, 0.6) is 0 Å². The molecule has 0 aliphatic rings. The summed E-state index contributed by atoms with van der Waals surface area (Å²) >= 11 is 36.8. The lowest BCUT2D eigenvalue weighted by molar-refractivity contribution is -0.120. The zero-order chi connectivity index (χ0) is 17.8. The molecule has 9 heteroatoms. The molecule has 0 radical (unpaired) electrons. The Kier molecular flexibility index (Phi) is 8.75. The molecule has 3 atom stereocenters. The van der Waals surface area contributed by atoms with Gasteiger partial charge in [-0.15, -0.1) is 11.3 Å². The van der Waals surface area contributed by atoms with Gasteiger partial charge in [0, 0.05) is 42.2 Å². The van der Waals surface area contributed by atoms with Gasteiger partial charge in [0.15, 0.2) is 7.59 Å². The SMILES string of the molecule is C[C@@H](CC(=O)C[C@@H](C[C@H](C)C(Cl)(Cl)Cl)c1nccs1)C(Cl)(Cl)Cl. The van der Waals surface area contributed by atoms with E-state index in [0.717, 1.165) is 5.01 Å². The predicted molar refractivity (Wildman–Crippen MR) is 103 cm³/mol. The molecular formula is C14H17Cl6NOS. The average Bonchev–Trinajstić information content (AvgIpc) is 2.89. The number of carbonyl (C=O) groups is 1. The number of hydrogen-bond donors (Lipinski definition) is 0. The smallest absolute Gasteiger partial charge is 0.193 e. The van der Waals surface area contributed by atoms with Crippen molar-refractivity contribution in [1.29, 1.82) is 0 Å². The lowest BCUT2D eigenvalue weighted by Gasteiger charge is -2.25. The zero-order valence-corrected chi connectivity index (χ0v) is 17.9. The molecule has 1 aromatic heterocycles. The Bertz CT molecular complexity index is 496. The van der Waals surface area contributed by atoms with Gasteiger partial charge in [0.2, 0.25) is 0 Å². The highest BCUT2D eigenvalue weighted by Gasteiger charge is 2.34. The number of halogens is 6. The number of hydrogen-bond acceptors (Lipinski definition) is 3. The van der Waals surface area contributed by atoms with Crippen molar-refractivity contribution in [2.24, 2.45) is 11.8 Å². The molecule has 0 saturated heterocycles. The molecule has 2 nitrogen and oxygen atoms in total. The lowest BCUT2D eigenvalue weighted by atomic mass is 9.90. The highest BCUT2D eigenvalue weighted by atomic mass is 35.6. The van der Waals surface area contributed by atoms with Crippen molar-refractivity contribution in [2.75, 3.05) is 0 Å². The van der Waals surface area contributed by atoms with E-state index in [1.165, 1.54) is 11.3 Å². The molecule has 1 heterocycles. The van der Waals surface area contributed by atoms with Gasteiger partial charge in [0.25, 0.3) is 0 Å². The molecule has 0 fully saturated rings. The van der Waals surface area contributed by atoms with Crippen LogP contribution < -0.4 is 0 Å². The summed E-state index contributed by atoms with van der Waals surface area (Å²) in [6.45, 7) is 3.56. The van der Waals surface area contributed by atoms with Crippen LogP contribution in [-0.4, -0.2) is 18.4 Å². The molecule has 0 unspecified atom stereocenters. The Balaban J connectivity index is 2.77. The van der Waals surface area contributed by atoms with Crippen LogP contribution in [0.1, 0.15) is 44.0 Å². The normalized spacial score (nSPS) is 16.9. The monoisotopic (exact) mass is 457 g/mol. The Morgan fingerprint density at radius 1 is 1.09 bits per heavy atom. The highest BCUT2D eigenvalue weighted by Crippen LogP contribution is 2.42. The van der Waals surface area contributed by atoms with Gasteiger partial charge in [-0.1, -0.05) is 83.5 Å². The number of aromatic nitrogens is 1. The van der Waals surface area contributed by atoms with Crippen LogP contribution in [0.15, 0.2) is 11.6 Å². The van der Waals surface area contributed by atoms with Crippen LogP contribution in [0.3, 0.4) is 0 Å². The highest BCUT2D eigenvalue weighted by molar-refractivity contribution is 7.09. The topological polar surface area (TPSA) is 30.0 Å². The van der Waals surface area contributed by atoms with Crippen molar-refractivity contribution in [1.82, 2.24) is 4.98 Å². The second-order valence-electron chi connectivity index (χ2n) is 5.64. The van der Waals surface area contributed by atoms with Gasteiger partial charge in [0.05, 0.1) is 5.01 Å². The molecule has 1 aromatic rings. The van der Waals surface area contributed by atoms with E-state index in [9.17, 15) is 4.79 Å². The molecule has 0 amide bonds. The van der Waals surface area contributed by atoms with E-state index in [2.05, 4.69) is 4.98 Å². The summed E-state index contributed by atoms with van der Waals surface area (Å²) in [4.78, 5) is 16.6. The third-order valence-corrected chi connectivity index (χ3v) is 6.74. The van der Waals surface area contributed by atoms with Crippen molar-refractivity contribution in [2.45, 2.75) is 46.6 Å². The summed E-state index contributed by atoms with van der Waals surface area (Å²) in [5, 5.41) is 2.71. The van der Waals surface area contributed by atoms with Crippen LogP contribution in [0.4, 0.5) is 0 Å².